The van der Waals surface area contributed by atoms with E-state index in [1.54, 1.807) is 7.11 Å². The summed E-state index contributed by atoms with van der Waals surface area (Å²) in [7, 11) is 1.68. The third kappa shape index (κ3) is 2.50. The lowest BCUT2D eigenvalue weighted by Crippen LogP contribution is -2.35. The van der Waals surface area contributed by atoms with E-state index in [2.05, 4.69) is 21.2 Å². The molecule has 0 amide bonds. The van der Waals surface area contributed by atoms with Gasteiger partial charge >= 0.3 is 0 Å². The number of hydrogen-bond donors (Lipinski definition) is 2. The summed E-state index contributed by atoms with van der Waals surface area (Å²) < 4.78 is 6.37. The van der Waals surface area contributed by atoms with Crippen molar-refractivity contribution >= 4 is 21.6 Å². The summed E-state index contributed by atoms with van der Waals surface area (Å²) in [6.07, 6.45) is 3.44. The summed E-state index contributed by atoms with van der Waals surface area (Å²) in [5, 5.41) is 3.47. The fraction of sp³-hybridized carbons (Fsp3) is 0.500. The van der Waals surface area contributed by atoms with Crippen LogP contribution in [0.3, 0.4) is 0 Å². The molecule has 0 bridgehead atoms. The van der Waals surface area contributed by atoms with Gasteiger partial charge < -0.3 is 15.8 Å². The van der Waals surface area contributed by atoms with Gasteiger partial charge in [0, 0.05) is 16.6 Å². The summed E-state index contributed by atoms with van der Waals surface area (Å²) in [6.45, 7) is 0. The maximum atomic E-state index is 6.04. The van der Waals surface area contributed by atoms with E-state index in [0.29, 0.717) is 6.04 Å². The first-order valence-electron chi connectivity index (χ1n) is 5.56. The molecule has 1 aromatic rings. The average molecular weight is 285 g/mol. The predicted octanol–water partition coefficient (Wildman–Crippen LogP) is 2.75. The Bertz CT molecular complexity index is 370. The highest BCUT2D eigenvalue weighted by Gasteiger charge is 2.24. The summed E-state index contributed by atoms with van der Waals surface area (Å²) in [4.78, 5) is 0. The van der Waals surface area contributed by atoms with Crippen LogP contribution in [0.5, 0.6) is 5.75 Å². The highest BCUT2D eigenvalue weighted by Crippen LogP contribution is 2.31. The lowest BCUT2D eigenvalue weighted by atomic mass is 10.1. The minimum absolute atomic E-state index is 0.253. The molecule has 2 unspecified atom stereocenters. The van der Waals surface area contributed by atoms with Crippen LogP contribution >= 0.6 is 15.9 Å². The number of halogens is 1. The van der Waals surface area contributed by atoms with Gasteiger partial charge in [0.05, 0.1) is 12.8 Å². The number of anilines is 1. The van der Waals surface area contributed by atoms with E-state index in [1.807, 2.05) is 18.2 Å². The third-order valence-corrected chi connectivity index (χ3v) is 3.57. The van der Waals surface area contributed by atoms with Crippen LogP contribution in [-0.4, -0.2) is 19.2 Å². The van der Waals surface area contributed by atoms with Crippen LogP contribution in [0.15, 0.2) is 22.7 Å². The molecule has 1 aliphatic carbocycles. The second-order valence-electron chi connectivity index (χ2n) is 4.19. The number of rotatable bonds is 3. The SMILES string of the molecule is COc1ccc(Br)cc1NC1CCCC1N. The van der Waals surface area contributed by atoms with Crippen molar-refractivity contribution in [1.82, 2.24) is 0 Å². The molecule has 3 nitrogen and oxygen atoms in total. The molecule has 16 heavy (non-hydrogen) atoms. The molecule has 1 aliphatic rings. The number of ether oxygens (including phenoxy) is 1. The maximum Gasteiger partial charge on any atom is 0.142 e. The number of benzene rings is 1. The zero-order valence-electron chi connectivity index (χ0n) is 9.37. The van der Waals surface area contributed by atoms with Gasteiger partial charge in [0.1, 0.15) is 5.75 Å². The smallest absolute Gasteiger partial charge is 0.142 e. The molecule has 0 spiro atoms. The first-order chi connectivity index (χ1) is 7.70. The molecule has 0 aliphatic heterocycles. The lowest BCUT2D eigenvalue weighted by molar-refractivity contribution is 0.415. The van der Waals surface area contributed by atoms with Crippen LogP contribution in [0.2, 0.25) is 0 Å². The standard InChI is InChI=1S/C12H17BrN2O/c1-16-12-6-5-8(13)7-11(12)15-10-4-2-3-9(10)14/h5-7,9-10,15H,2-4,14H2,1H3. The Morgan fingerprint density at radius 3 is 2.88 bits per heavy atom. The Morgan fingerprint density at radius 2 is 2.25 bits per heavy atom. The quantitative estimate of drug-likeness (QED) is 0.897. The summed E-state index contributed by atoms with van der Waals surface area (Å²) in [5.74, 6) is 0.863. The molecule has 1 saturated carbocycles. The Labute approximate surface area is 104 Å². The molecular formula is C12H17BrN2O. The van der Waals surface area contributed by atoms with Crippen molar-refractivity contribution in [3.63, 3.8) is 0 Å². The maximum absolute atomic E-state index is 6.04. The van der Waals surface area contributed by atoms with E-state index in [-0.39, 0.29) is 6.04 Å². The third-order valence-electron chi connectivity index (χ3n) is 3.07. The lowest BCUT2D eigenvalue weighted by Gasteiger charge is -2.20. The van der Waals surface area contributed by atoms with Gasteiger partial charge in [-0.3, -0.25) is 0 Å². The van der Waals surface area contributed by atoms with Crippen molar-refractivity contribution in [2.24, 2.45) is 5.73 Å². The number of nitrogens with one attached hydrogen (secondary N) is 1. The van der Waals surface area contributed by atoms with Gasteiger partial charge in [0.25, 0.3) is 0 Å². The van der Waals surface area contributed by atoms with E-state index < -0.39 is 0 Å². The van der Waals surface area contributed by atoms with Gasteiger partial charge in [0.15, 0.2) is 0 Å². The van der Waals surface area contributed by atoms with Crippen LogP contribution in [0.1, 0.15) is 19.3 Å². The van der Waals surface area contributed by atoms with Crippen molar-refractivity contribution in [2.45, 2.75) is 31.3 Å². The summed E-state index contributed by atoms with van der Waals surface area (Å²) in [6, 6.07) is 6.57. The number of hydrogen-bond acceptors (Lipinski definition) is 3. The molecule has 3 N–H and O–H groups in total. The van der Waals surface area contributed by atoms with Crippen LogP contribution in [0, 0.1) is 0 Å². The monoisotopic (exact) mass is 284 g/mol. The van der Waals surface area contributed by atoms with E-state index in [1.165, 1.54) is 6.42 Å². The fourth-order valence-electron chi connectivity index (χ4n) is 2.16. The zero-order chi connectivity index (χ0) is 11.5. The van der Waals surface area contributed by atoms with E-state index in [0.717, 1.165) is 28.8 Å². The molecular weight excluding hydrogens is 268 g/mol. The molecule has 0 aromatic heterocycles. The Balaban J connectivity index is 2.16. The molecule has 88 valence electrons. The van der Waals surface area contributed by atoms with E-state index in [4.69, 9.17) is 10.5 Å². The molecule has 2 atom stereocenters. The van der Waals surface area contributed by atoms with Crippen LogP contribution in [0.25, 0.3) is 0 Å². The number of methoxy groups -OCH3 is 1. The number of nitrogens with two attached hydrogens (primary N) is 1. The second-order valence-corrected chi connectivity index (χ2v) is 5.11. The molecule has 0 radical (unpaired) electrons. The first kappa shape index (κ1) is 11.7. The Hall–Kier alpha value is -0.740. The van der Waals surface area contributed by atoms with Gasteiger partial charge in [-0.2, -0.15) is 0 Å². The fourth-order valence-corrected chi connectivity index (χ4v) is 2.52. The summed E-state index contributed by atoms with van der Waals surface area (Å²) >= 11 is 3.46. The van der Waals surface area contributed by atoms with Gasteiger partial charge in [-0.1, -0.05) is 15.9 Å². The highest BCUT2D eigenvalue weighted by molar-refractivity contribution is 9.10. The van der Waals surface area contributed by atoms with Crippen molar-refractivity contribution in [3.8, 4) is 5.75 Å². The van der Waals surface area contributed by atoms with Crippen molar-refractivity contribution < 1.29 is 4.74 Å². The summed E-state index contributed by atoms with van der Waals surface area (Å²) in [5.41, 5.74) is 7.05. The van der Waals surface area contributed by atoms with Gasteiger partial charge in [-0.05, 0) is 37.5 Å². The van der Waals surface area contributed by atoms with E-state index in [9.17, 15) is 0 Å². The Morgan fingerprint density at radius 1 is 1.44 bits per heavy atom. The minimum Gasteiger partial charge on any atom is -0.495 e. The van der Waals surface area contributed by atoms with Crippen LogP contribution < -0.4 is 15.8 Å². The van der Waals surface area contributed by atoms with Crippen LogP contribution in [-0.2, 0) is 0 Å². The molecule has 0 heterocycles. The molecule has 2 rings (SSSR count). The minimum atomic E-state index is 0.253. The zero-order valence-corrected chi connectivity index (χ0v) is 11.0. The van der Waals surface area contributed by atoms with Gasteiger partial charge in [-0.25, -0.2) is 0 Å². The van der Waals surface area contributed by atoms with Crippen molar-refractivity contribution in [1.29, 1.82) is 0 Å². The first-order valence-corrected chi connectivity index (χ1v) is 6.35. The molecule has 0 saturated heterocycles. The topological polar surface area (TPSA) is 47.3 Å². The highest BCUT2D eigenvalue weighted by atomic mass is 79.9. The second kappa shape index (κ2) is 5.06. The molecule has 4 heteroatoms. The molecule has 1 fully saturated rings. The van der Waals surface area contributed by atoms with Crippen molar-refractivity contribution in [2.75, 3.05) is 12.4 Å². The average Bonchev–Trinajstić information content (AvgIpc) is 2.65. The van der Waals surface area contributed by atoms with Crippen molar-refractivity contribution in [3.05, 3.63) is 22.7 Å². The van der Waals surface area contributed by atoms with E-state index >= 15 is 0 Å². The van der Waals surface area contributed by atoms with Gasteiger partial charge in [0.2, 0.25) is 0 Å². The largest absolute Gasteiger partial charge is 0.495 e. The predicted molar refractivity (Wildman–Crippen MR) is 69.9 cm³/mol. The molecule has 1 aromatic carbocycles. The normalized spacial score (nSPS) is 24.4. The van der Waals surface area contributed by atoms with Crippen LogP contribution in [0.4, 0.5) is 5.69 Å². The Kier molecular flexibility index (Phi) is 3.71. The van der Waals surface area contributed by atoms with Gasteiger partial charge in [-0.15, -0.1) is 0 Å².